The van der Waals surface area contributed by atoms with Crippen molar-refractivity contribution < 1.29 is 14.3 Å². The first kappa shape index (κ1) is 20.2. The Hall–Kier alpha value is -2.06. The third-order valence-corrected chi connectivity index (χ3v) is 6.25. The topological polar surface area (TPSA) is 64.5 Å². The molecule has 6 nitrogen and oxygen atoms in total. The molecule has 3 aromatic rings. The van der Waals surface area contributed by atoms with E-state index in [0.717, 1.165) is 11.3 Å². The summed E-state index contributed by atoms with van der Waals surface area (Å²) < 4.78 is 10.9. The molecule has 2 aromatic carbocycles. The summed E-state index contributed by atoms with van der Waals surface area (Å²) in [6.45, 7) is 0.165. The number of hydrogen-bond acceptors (Lipinski definition) is 6. The van der Waals surface area contributed by atoms with Crippen molar-refractivity contribution in [3.8, 4) is 11.5 Å². The maximum Gasteiger partial charge on any atom is 0.250 e. The normalized spacial score (nSPS) is 18.5. The van der Waals surface area contributed by atoms with E-state index in [1.807, 2.05) is 24.3 Å². The Morgan fingerprint density at radius 2 is 1.90 bits per heavy atom. The molecule has 0 radical (unpaired) electrons. The second-order valence-electron chi connectivity index (χ2n) is 6.17. The van der Waals surface area contributed by atoms with E-state index in [1.165, 1.54) is 11.3 Å². The number of benzene rings is 2. The van der Waals surface area contributed by atoms with Crippen molar-refractivity contribution in [2.45, 2.75) is 18.0 Å². The first-order valence-corrected chi connectivity index (χ1v) is 10.5. The second kappa shape index (κ2) is 8.36. The van der Waals surface area contributed by atoms with Crippen LogP contribution in [0.2, 0.25) is 10.0 Å². The van der Waals surface area contributed by atoms with Crippen LogP contribution < -0.4 is 14.4 Å². The molecule has 1 amide bonds. The van der Waals surface area contributed by atoms with Crippen LogP contribution in [0, 0.1) is 0 Å². The van der Waals surface area contributed by atoms with Crippen LogP contribution in [0.3, 0.4) is 0 Å². The van der Waals surface area contributed by atoms with Gasteiger partial charge < -0.3 is 9.47 Å². The van der Waals surface area contributed by atoms with Gasteiger partial charge in [-0.15, -0.1) is 21.8 Å². The first-order chi connectivity index (χ1) is 14.0. The van der Waals surface area contributed by atoms with Gasteiger partial charge in [-0.3, -0.25) is 9.69 Å². The minimum atomic E-state index is -0.653. The number of alkyl halides is 1. The Labute approximate surface area is 185 Å². The van der Waals surface area contributed by atoms with Crippen molar-refractivity contribution in [1.29, 1.82) is 0 Å². The van der Waals surface area contributed by atoms with Crippen molar-refractivity contribution >= 4 is 57.2 Å². The standard InChI is InChI=1S/C19H14Cl3N3O3S/c1-27-12-5-2-10(3-6-12)17-16(22)18(26)25(17)19-24-23-15(29-19)9-28-14-7-4-11(20)8-13(14)21/h2-8,16-17H,9H2,1H3. The zero-order valence-electron chi connectivity index (χ0n) is 15.0. The van der Waals surface area contributed by atoms with Crippen LogP contribution in [0.4, 0.5) is 5.13 Å². The third kappa shape index (κ3) is 4.00. The minimum Gasteiger partial charge on any atom is -0.497 e. The Bertz CT molecular complexity index is 1040. The number of anilines is 1. The predicted octanol–water partition coefficient (Wildman–Crippen LogP) is 5.13. The number of carbonyl (C=O) groups excluding carboxylic acids is 1. The van der Waals surface area contributed by atoms with Gasteiger partial charge in [-0.1, -0.05) is 46.7 Å². The van der Waals surface area contributed by atoms with E-state index in [1.54, 1.807) is 30.2 Å². The van der Waals surface area contributed by atoms with E-state index >= 15 is 0 Å². The van der Waals surface area contributed by atoms with Gasteiger partial charge in [-0.25, -0.2) is 0 Å². The Morgan fingerprint density at radius 3 is 2.59 bits per heavy atom. The number of rotatable bonds is 6. The third-order valence-electron chi connectivity index (χ3n) is 4.39. The van der Waals surface area contributed by atoms with Crippen LogP contribution in [0.5, 0.6) is 11.5 Å². The Morgan fingerprint density at radius 1 is 1.14 bits per heavy atom. The van der Waals surface area contributed by atoms with Gasteiger partial charge in [-0.05, 0) is 35.9 Å². The molecule has 4 rings (SSSR count). The smallest absolute Gasteiger partial charge is 0.250 e. The number of carbonyl (C=O) groups is 1. The molecule has 150 valence electrons. The van der Waals surface area contributed by atoms with Gasteiger partial charge >= 0.3 is 0 Å². The van der Waals surface area contributed by atoms with Crippen molar-refractivity contribution in [2.24, 2.45) is 0 Å². The summed E-state index contributed by atoms with van der Waals surface area (Å²) in [4.78, 5) is 13.9. The highest BCUT2D eigenvalue weighted by Crippen LogP contribution is 2.43. The number of amides is 1. The van der Waals surface area contributed by atoms with Crippen molar-refractivity contribution in [3.05, 3.63) is 63.1 Å². The quantitative estimate of drug-likeness (QED) is 0.369. The van der Waals surface area contributed by atoms with Gasteiger partial charge in [0.1, 0.15) is 23.5 Å². The number of methoxy groups -OCH3 is 1. The monoisotopic (exact) mass is 469 g/mol. The molecular weight excluding hydrogens is 457 g/mol. The van der Waals surface area contributed by atoms with Crippen LogP contribution >= 0.6 is 46.1 Å². The number of nitrogens with zero attached hydrogens (tertiary/aromatic N) is 3. The molecule has 10 heteroatoms. The molecule has 0 aliphatic carbocycles. The van der Waals surface area contributed by atoms with Gasteiger partial charge in [-0.2, -0.15) is 0 Å². The first-order valence-electron chi connectivity index (χ1n) is 8.49. The van der Waals surface area contributed by atoms with E-state index in [9.17, 15) is 4.79 Å². The van der Waals surface area contributed by atoms with Gasteiger partial charge in [0.2, 0.25) is 11.0 Å². The van der Waals surface area contributed by atoms with Gasteiger partial charge in [0.15, 0.2) is 5.01 Å². The Kier molecular flexibility index (Phi) is 5.83. The predicted molar refractivity (Wildman–Crippen MR) is 114 cm³/mol. The van der Waals surface area contributed by atoms with E-state index in [2.05, 4.69) is 10.2 Å². The van der Waals surface area contributed by atoms with Crippen molar-refractivity contribution in [2.75, 3.05) is 12.0 Å². The fourth-order valence-corrected chi connectivity index (χ4v) is 4.54. The van der Waals surface area contributed by atoms with Gasteiger partial charge in [0.05, 0.1) is 18.2 Å². The summed E-state index contributed by atoms with van der Waals surface area (Å²) in [6.07, 6.45) is 0. The number of hydrogen-bond donors (Lipinski definition) is 0. The molecule has 1 aliphatic rings. The molecule has 0 spiro atoms. The van der Waals surface area contributed by atoms with Gasteiger partial charge in [0, 0.05) is 5.02 Å². The number of ether oxygens (including phenoxy) is 2. The molecule has 0 N–H and O–H groups in total. The number of aromatic nitrogens is 2. The van der Waals surface area contributed by atoms with E-state index in [4.69, 9.17) is 44.3 Å². The average molecular weight is 471 g/mol. The molecule has 2 unspecified atom stereocenters. The molecule has 1 fully saturated rings. The molecule has 1 saturated heterocycles. The maximum absolute atomic E-state index is 12.4. The molecule has 2 atom stereocenters. The molecule has 0 saturated carbocycles. The number of halogens is 3. The Balaban J connectivity index is 1.49. The highest BCUT2D eigenvalue weighted by Gasteiger charge is 2.49. The zero-order chi connectivity index (χ0) is 20.5. The van der Waals surface area contributed by atoms with Crippen LogP contribution in [0.15, 0.2) is 42.5 Å². The van der Waals surface area contributed by atoms with Crippen LogP contribution in [-0.4, -0.2) is 28.6 Å². The average Bonchev–Trinajstić information content (AvgIpc) is 3.18. The fourth-order valence-electron chi connectivity index (χ4n) is 2.92. The largest absolute Gasteiger partial charge is 0.497 e. The number of β-lactam (4-membered cyclic amide) rings is 1. The summed E-state index contributed by atoms with van der Waals surface area (Å²) in [5.74, 6) is 1.01. The summed E-state index contributed by atoms with van der Waals surface area (Å²) in [6, 6.07) is 12.1. The minimum absolute atomic E-state index is 0.165. The lowest BCUT2D eigenvalue weighted by Gasteiger charge is -2.42. The van der Waals surface area contributed by atoms with Crippen LogP contribution in [-0.2, 0) is 11.4 Å². The molecule has 29 heavy (non-hydrogen) atoms. The maximum atomic E-state index is 12.4. The molecule has 2 heterocycles. The van der Waals surface area contributed by atoms with Crippen molar-refractivity contribution in [3.63, 3.8) is 0 Å². The summed E-state index contributed by atoms with van der Waals surface area (Å²) in [7, 11) is 1.60. The lowest BCUT2D eigenvalue weighted by Crippen LogP contribution is -2.56. The fraction of sp³-hybridized carbons (Fsp3) is 0.211. The molecule has 0 bridgehead atoms. The van der Waals surface area contributed by atoms with Crippen molar-refractivity contribution in [1.82, 2.24) is 10.2 Å². The zero-order valence-corrected chi connectivity index (χ0v) is 18.1. The second-order valence-corrected chi connectivity index (χ2v) is 8.52. The highest BCUT2D eigenvalue weighted by molar-refractivity contribution is 7.15. The lowest BCUT2D eigenvalue weighted by atomic mass is 9.94. The summed E-state index contributed by atoms with van der Waals surface area (Å²) in [5.41, 5.74) is 0.895. The lowest BCUT2D eigenvalue weighted by molar-refractivity contribution is -0.123. The van der Waals surface area contributed by atoms with E-state index in [-0.39, 0.29) is 18.6 Å². The summed E-state index contributed by atoms with van der Waals surface area (Å²) >= 11 is 19.5. The van der Waals surface area contributed by atoms with E-state index < -0.39 is 5.38 Å². The highest BCUT2D eigenvalue weighted by atomic mass is 35.5. The molecular formula is C19H14Cl3N3O3S. The SMILES string of the molecule is COc1ccc(C2C(Cl)C(=O)N2c2nnc(COc3ccc(Cl)cc3Cl)s2)cc1. The van der Waals surface area contributed by atoms with Gasteiger partial charge in [0.25, 0.3) is 0 Å². The molecule has 1 aliphatic heterocycles. The van der Waals surface area contributed by atoms with E-state index in [0.29, 0.717) is 25.9 Å². The molecule has 1 aromatic heterocycles. The van der Waals surface area contributed by atoms with Crippen LogP contribution in [0.25, 0.3) is 0 Å². The summed E-state index contributed by atoms with van der Waals surface area (Å²) in [5, 5.41) is 9.60. The van der Waals surface area contributed by atoms with Crippen LogP contribution in [0.1, 0.15) is 16.6 Å².